The highest BCUT2D eigenvalue weighted by Gasteiger charge is 2.16. The molecule has 0 radical (unpaired) electrons. The van der Waals surface area contributed by atoms with Gasteiger partial charge in [0, 0.05) is 11.6 Å². The van der Waals surface area contributed by atoms with E-state index in [2.05, 4.69) is 4.72 Å². The Balaban J connectivity index is 2.22. The van der Waals surface area contributed by atoms with E-state index in [1.807, 2.05) is 0 Å². The monoisotopic (exact) mass is 363 g/mol. The van der Waals surface area contributed by atoms with Gasteiger partial charge >= 0.3 is 0 Å². The number of sulfonamides is 1. The molecule has 0 aliphatic carbocycles. The smallest absolute Gasteiger partial charge is 0.207 e. The van der Waals surface area contributed by atoms with Crippen molar-refractivity contribution in [2.75, 3.05) is 0 Å². The van der Waals surface area contributed by atoms with E-state index in [0.717, 1.165) is 5.56 Å². The van der Waals surface area contributed by atoms with Crippen LogP contribution in [0.3, 0.4) is 0 Å². The molecule has 0 aliphatic heterocycles. The minimum Gasteiger partial charge on any atom is -0.207 e. The molecule has 0 amide bonds. The Hall–Kier alpha value is -0.780. The number of benzene rings is 2. The molecule has 21 heavy (non-hydrogen) atoms. The molecule has 3 nitrogen and oxygen atoms in total. The Morgan fingerprint density at radius 2 is 1.76 bits per heavy atom. The summed E-state index contributed by atoms with van der Waals surface area (Å²) in [5.41, 5.74) is 1.42. The van der Waals surface area contributed by atoms with Gasteiger partial charge in [-0.3, -0.25) is 0 Å². The summed E-state index contributed by atoms with van der Waals surface area (Å²) in [7, 11) is -3.66. The molecule has 2 aromatic carbocycles. The maximum atomic E-state index is 12.2. The van der Waals surface area contributed by atoms with Gasteiger partial charge in [0.1, 0.15) is 0 Å². The lowest BCUT2D eigenvalue weighted by atomic mass is 10.2. The number of halogens is 3. The fourth-order valence-electron chi connectivity index (χ4n) is 1.68. The highest BCUT2D eigenvalue weighted by molar-refractivity contribution is 7.89. The zero-order valence-electron chi connectivity index (χ0n) is 11.0. The van der Waals surface area contributed by atoms with E-state index < -0.39 is 10.0 Å². The predicted molar refractivity (Wildman–Crippen MR) is 86.7 cm³/mol. The molecule has 0 saturated heterocycles. The fraction of sp³-hybridized carbons (Fsp3) is 0.143. The lowest BCUT2D eigenvalue weighted by Crippen LogP contribution is -2.23. The third-order valence-corrected chi connectivity index (χ3v) is 5.60. The summed E-state index contributed by atoms with van der Waals surface area (Å²) in [5, 5.41) is 1.12. The zero-order chi connectivity index (χ0) is 15.6. The van der Waals surface area contributed by atoms with Gasteiger partial charge in [0.05, 0.1) is 14.9 Å². The van der Waals surface area contributed by atoms with Crippen molar-refractivity contribution in [1.29, 1.82) is 0 Å². The molecular formula is C14H12Cl3NO2S. The minimum absolute atomic E-state index is 0.0488. The van der Waals surface area contributed by atoms with Gasteiger partial charge in [-0.25, -0.2) is 13.1 Å². The third kappa shape index (κ3) is 3.90. The second-order valence-corrected chi connectivity index (χ2v) is 7.41. The Kier molecular flexibility index (Phi) is 5.17. The van der Waals surface area contributed by atoms with Crippen LogP contribution in [-0.2, 0) is 16.6 Å². The predicted octanol–water partition coefficient (Wildman–Crippen LogP) is 4.43. The van der Waals surface area contributed by atoms with Crippen molar-refractivity contribution in [2.24, 2.45) is 0 Å². The molecule has 0 unspecified atom stereocenters. The molecule has 7 heteroatoms. The Morgan fingerprint density at radius 1 is 1.05 bits per heavy atom. The summed E-state index contributed by atoms with van der Waals surface area (Å²) in [6.07, 6.45) is 0. The molecule has 0 atom stereocenters. The molecule has 0 heterocycles. The van der Waals surface area contributed by atoms with Gasteiger partial charge in [-0.2, -0.15) is 0 Å². The normalized spacial score (nSPS) is 11.6. The highest BCUT2D eigenvalue weighted by Crippen LogP contribution is 2.26. The molecule has 1 N–H and O–H groups in total. The van der Waals surface area contributed by atoms with Crippen molar-refractivity contribution in [3.8, 4) is 0 Å². The number of hydrogen-bond donors (Lipinski definition) is 1. The minimum atomic E-state index is -3.66. The maximum absolute atomic E-state index is 12.2. The standard InChI is InChI=1S/C14H12Cl3NO2S/c1-9-5-6-11(7-13(9)16)21(19,20)18-8-10-3-2-4-12(15)14(10)17/h2-7,18H,8H2,1H3. The van der Waals surface area contributed by atoms with Gasteiger partial charge in [0.2, 0.25) is 10.0 Å². The van der Waals surface area contributed by atoms with E-state index >= 15 is 0 Å². The third-order valence-electron chi connectivity index (χ3n) is 2.94. The Bertz CT molecular complexity index is 776. The quantitative estimate of drug-likeness (QED) is 0.872. The molecule has 0 aromatic heterocycles. The SMILES string of the molecule is Cc1ccc(S(=O)(=O)NCc2cccc(Cl)c2Cl)cc1Cl. The van der Waals surface area contributed by atoms with Gasteiger partial charge in [0.15, 0.2) is 0 Å². The summed E-state index contributed by atoms with van der Waals surface area (Å²) in [6.45, 7) is 1.85. The zero-order valence-corrected chi connectivity index (χ0v) is 14.1. The number of hydrogen-bond acceptors (Lipinski definition) is 2. The van der Waals surface area contributed by atoms with Gasteiger partial charge in [-0.15, -0.1) is 0 Å². The fourth-order valence-corrected chi connectivity index (χ4v) is 3.35. The van der Waals surface area contributed by atoms with E-state index in [-0.39, 0.29) is 11.4 Å². The van der Waals surface area contributed by atoms with Crippen LogP contribution in [0.4, 0.5) is 0 Å². The average molecular weight is 365 g/mol. The van der Waals surface area contributed by atoms with Crippen LogP contribution < -0.4 is 4.72 Å². The molecule has 0 spiro atoms. The van der Waals surface area contributed by atoms with E-state index in [9.17, 15) is 8.42 Å². The van der Waals surface area contributed by atoms with Crippen LogP contribution in [0.2, 0.25) is 15.1 Å². The number of rotatable bonds is 4. The second kappa shape index (κ2) is 6.55. The number of aryl methyl sites for hydroxylation is 1. The summed E-state index contributed by atoms with van der Waals surface area (Å²) in [5.74, 6) is 0. The number of nitrogens with one attached hydrogen (secondary N) is 1. The first-order chi connectivity index (χ1) is 9.81. The average Bonchev–Trinajstić information content (AvgIpc) is 2.43. The summed E-state index contributed by atoms with van der Waals surface area (Å²) < 4.78 is 26.9. The van der Waals surface area contributed by atoms with Crippen LogP contribution in [-0.4, -0.2) is 8.42 Å². The Labute approximate surface area is 138 Å². The van der Waals surface area contributed by atoms with Gasteiger partial charge < -0.3 is 0 Å². The molecule has 0 fully saturated rings. The first-order valence-corrected chi connectivity index (χ1v) is 8.61. The first kappa shape index (κ1) is 16.6. The van der Waals surface area contributed by atoms with Crippen LogP contribution in [0.5, 0.6) is 0 Å². The van der Waals surface area contributed by atoms with Gasteiger partial charge in [-0.05, 0) is 36.2 Å². The van der Waals surface area contributed by atoms with Gasteiger partial charge in [0.25, 0.3) is 0 Å². The maximum Gasteiger partial charge on any atom is 0.240 e. The van der Waals surface area contributed by atoms with Crippen LogP contribution in [0.1, 0.15) is 11.1 Å². The summed E-state index contributed by atoms with van der Waals surface area (Å²) >= 11 is 17.9. The molecule has 0 saturated carbocycles. The molecule has 0 bridgehead atoms. The Morgan fingerprint density at radius 3 is 2.43 bits per heavy atom. The van der Waals surface area contributed by atoms with Crippen molar-refractivity contribution in [3.05, 3.63) is 62.6 Å². The topological polar surface area (TPSA) is 46.2 Å². The highest BCUT2D eigenvalue weighted by atomic mass is 35.5. The van der Waals surface area contributed by atoms with Crippen molar-refractivity contribution < 1.29 is 8.42 Å². The van der Waals surface area contributed by atoms with E-state index in [0.29, 0.717) is 20.6 Å². The van der Waals surface area contributed by atoms with Crippen LogP contribution >= 0.6 is 34.8 Å². The van der Waals surface area contributed by atoms with Crippen molar-refractivity contribution >= 4 is 44.8 Å². The second-order valence-electron chi connectivity index (χ2n) is 4.45. The molecule has 2 rings (SSSR count). The van der Waals surface area contributed by atoms with Gasteiger partial charge in [-0.1, -0.05) is 53.0 Å². The van der Waals surface area contributed by atoms with Crippen LogP contribution in [0.15, 0.2) is 41.3 Å². The first-order valence-electron chi connectivity index (χ1n) is 6.00. The summed E-state index contributed by atoms with van der Waals surface area (Å²) in [6, 6.07) is 9.63. The lowest BCUT2D eigenvalue weighted by Gasteiger charge is -2.09. The van der Waals surface area contributed by atoms with Crippen molar-refractivity contribution in [2.45, 2.75) is 18.4 Å². The molecular weight excluding hydrogens is 353 g/mol. The van der Waals surface area contributed by atoms with Crippen LogP contribution in [0.25, 0.3) is 0 Å². The van der Waals surface area contributed by atoms with E-state index in [1.54, 1.807) is 31.2 Å². The van der Waals surface area contributed by atoms with E-state index in [1.165, 1.54) is 12.1 Å². The molecule has 112 valence electrons. The van der Waals surface area contributed by atoms with Crippen LogP contribution in [0, 0.1) is 6.92 Å². The lowest BCUT2D eigenvalue weighted by molar-refractivity contribution is 0.581. The molecule has 2 aromatic rings. The van der Waals surface area contributed by atoms with E-state index in [4.69, 9.17) is 34.8 Å². The van der Waals surface area contributed by atoms with Crippen molar-refractivity contribution in [1.82, 2.24) is 4.72 Å². The van der Waals surface area contributed by atoms with Crippen molar-refractivity contribution in [3.63, 3.8) is 0 Å². The molecule has 0 aliphatic rings. The summed E-state index contributed by atoms with van der Waals surface area (Å²) in [4.78, 5) is 0.108. The largest absolute Gasteiger partial charge is 0.240 e.